The first-order valence-electron chi connectivity index (χ1n) is 7.12. The van der Waals surface area contributed by atoms with Crippen molar-refractivity contribution < 1.29 is 0 Å². The highest BCUT2D eigenvalue weighted by molar-refractivity contribution is 8.00. The third kappa shape index (κ3) is 4.02. The van der Waals surface area contributed by atoms with Crippen LogP contribution in [0.25, 0.3) is 0 Å². The summed E-state index contributed by atoms with van der Waals surface area (Å²) >= 11 is 2.16. The molecule has 0 saturated carbocycles. The van der Waals surface area contributed by atoms with Crippen molar-refractivity contribution in [1.82, 2.24) is 15.1 Å². The number of nitrogens with one attached hydrogen (secondary N) is 1. The predicted molar refractivity (Wildman–Crippen MR) is 79.1 cm³/mol. The van der Waals surface area contributed by atoms with Crippen molar-refractivity contribution in [2.24, 2.45) is 7.05 Å². The second-order valence-corrected chi connectivity index (χ2v) is 6.52. The maximum atomic E-state index is 4.25. The average Bonchev–Trinajstić information content (AvgIpc) is 3.01. The van der Waals surface area contributed by atoms with Gasteiger partial charge in [0.25, 0.3) is 0 Å². The van der Waals surface area contributed by atoms with Crippen molar-refractivity contribution in [3.8, 4) is 0 Å². The zero-order chi connectivity index (χ0) is 12.8. The molecule has 0 amide bonds. The van der Waals surface area contributed by atoms with Crippen LogP contribution in [0.4, 0.5) is 0 Å². The van der Waals surface area contributed by atoms with E-state index in [0.717, 1.165) is 18.2 Å². The molecule has 2 unspecified atom stereocenters. The standard InChI is InChI=1S/C14H25N3S/c1-3-8-15-13(14-5-4-9-18-14)7-6-12-10-16-17(2)11-12/h10-11,13-15H,3-9H2,1-2H3. The molecule has 1 aromatic rings. The summed E-state index contributed by atoms with van der Waals surface area (Å²) in [6.45, 7) is 3.39. The van der Waals surface area contributed by atoms with Gasteiger partial charge in [-0.2, -0.15) is 16.9 Å². The summed E-state index contributed by atoms with van der Waals surface area (Å²) in [5.74, 6) is 1.35. The smallest absolute Gasteiger partial charge is 0.0521 e. The van der Waals surface area contributed by atoms with E-state index < -0.39 is 0 Å². The molecule has 1 N–H and O–H groups in total. The first-order valence-corrected chi connectivity index (χ1v) is 8.17. The van der Waals surface area contributed by atoms with Crippen LogP contribution in [0.2, 0.25) is 0 Å². The summed E-state index contributed by atoms with van der Waals surface area (Å²) in [6, 6.07) is 0.678. The van der Waals surface area contributed by atoms with Crippen molar-refractivity contribution in [1.29, 1.82) is 0 Å². The van der Waals surface area contributed by atoms with Gasteiger partial charge in [0.1, 0.15) is 0 Å². The molecule has 1 aliphatic heterocycles. The molecule has 0 radical (unpaired) electrons. The molecule has 1 aliphatic rings. The summed E-state index contributed by atoms with van der Waals surface area (Å²) in [4.78, 5) is 0. The zero-order valence-corrected chi connectivity index (χ0v) is 12.4. The van der Waals surface area contributed by atoms with Crippen LogP contribution in [0.3, 0.4) is 0 Å². The molecular formula is C14H25N3S. The Labute approximate surface area is 115 Å². The first-order chi connectivity index (χ1) is 8.79. The summed E-state index contributed by atoms with van der Waals surface area (Å²) in [7, 11) is 1.99. The second-order valence-electron chi connectivity index (χ2n) is 5.17. The van der Waals surface area contributed by atoms with Crippen LogP contribution in [0.1, 0.15) is 38.2 Å². The number of aryl methyl sites for hydroxylation is 2. The molecule has 0 bridgehead atoms. The maximum Gasteiger partial charge on any atom is 0.0521 e. The molecule has 1 aromatic heterocycles. The van der Waals surface area contributed by atoms with Crippen LogP contribution in [0.5, 0.6) is 0 Å². The molecule has 2 rings (SSSR count). The van der Waals surface area contributed by atoms with E-state index in [-0.39, 0.29) is 0 Å². The normalized spacial score (nSPS) is 21.3. The highest BCUT2D eigenvalue weighted by Gasteiger charge is 2.24. The Kier molecular flexibility index (Phi) is 5.57. The Balaban J connectivity index is 1.83. The van der Waals surface area contributed by atoms with E-state index in [4.69, 9.17) is 0 Å². The lowest BCUT2D eigenvalue weighted by atomic mass is 10.0. The molecule has 3 nitrogen and oxygen atoms in total. The Bertz CT molecular complexity index is 345. The monoisotopic (exact) mass is 267 g/mol. The minimum absolute atomic E-state index is 0.678. The molecule has 0 aliphatic carbocycles. The van der Waals surface area contributed by atoms with E-state index in [2.05, 4.69) is 35.3 Å². The van der Waals surface area contributed by atoms with Crippen LogP contribution in [-0.4, -0.2) is 33.4 Å². The molecular weight excluding hydrogens is 242 g/mol. The van der Waals surface area contributed by atoms with Gasteiger partial charge in [-0.25, -0.2) is 0 Å². The van der Waals surface area contributed by atoms with Gasteiger partial charge in [-0.05, 0) is 50.0 Å². The fraction of sp³-hybridized carbons (Fsp3) is 0.786. The Hall–Kier alpha value is -0.480. The van der Waals surface area contributed by atoms with E-state index in [1.54, 1.807) is 0 Å². The van der Waals surface area contributed by atoms with E-state index >= 15 is 0 Å². The molecule has 102 valence electrons. The number of nitrogens with zero attached hydrogens (tertiary/aromatic N) is 2. The molecule has 0 spiro atoms. The van der Waals surface area contributed by atoms with Gasteiger partial charge in [-0.1, -0.05) is 6.92 Å². The summed E-state index contributed by atoms with van der Waals surface area (Å²) < 4.78 is 1.90. The molecule has 1 saturated heterocycles. The molecule has 4 heteroatoms. The largest absolute Gasteiger partial charge is 0.313 e. The average molecular weight is 267 g/mol. The molecule has 18 heavy (non-hydrogen) atoms. The van der Waals surface area contributed by atoms with Crippen LogP contribution >= 0.6 is 11.8 Å². The predicted octanol–water partition coefficient (Wildman–Crippen LogP) is 2.62. The van der Waals surface area contributed by atoms with Crippen LogP contribution in [-0.2, 0) is 13.5 Å². The lowest BCUT2D eigenvalue weighted by Crippen LogP contribution is -2.38. The van der Waals surface area contributed by atoms with Gasteiger partial charge in [0.15, 0.2) is 0 Å². The zero-order valence-electron chi connectivity index (χ0n) is 11.6. The van der Waals surface area contributed by atoms with E-state index in [1.165, 1.54) is 37.0 Å². The van der Waals surface area contributed by atoms with Gasteiger partial charge in [0, 0.05) is 24.5 Å². The van der Waals surface area contributed by atoms with E-state index in [1.807, 2.05) is 17.9 Å². The van der Waals surface area contributed by atoms with Crippen molar-refractivity contribution >= 4 is 11.8 Å². The third-order valence-electron chi connectivity index (χ3n) is 3.57. The fourth-order valence-corrected chi connectivity index (χ4v) is 4.03. The minimum atomic E-state index is 0.678. The van der Waals surface area contributed by atoms with Crippen LogP contribution in [0.15, 0.2) is 12.4 Å². The van der Waals surface area contributed by atoms with Crippen molar-refractivity contribution in [3.05, 3.63) is 18.0 Å². The first kappa shape index (κ1) is 13.9. The van der Waals surface area contributed by atoms with Gasteiger partial charge in [0.05, 0.1) is 6.20 Å². The van der Waals surface area contributed by atoms with E-state index in [0.29, 0.717) is 6.04 Å². The molecule has 0 aromatic carbocycles. The summed E-state index contributed by atoms with van der Waals surface area (Å²) in [5, 5.41) is 8.81. The second kappa shape index (κ2) is 7.19. The third-order valence-corrected chi connectivity index (χ3v) is 5.09. The van der Waals surface area contributed by atoms with E-state index in [9.17, 15) is 0 Å². The van der Waals surface area contributed by atoms with Crippen molar-refractivity contribution in [2.45, 2.75) is 50.3 Å². The van der Waals surface area contributed by atoms with Crippen molar-refractivity contribution in [2.75, 3.05) is 12.3 Å². The molecule has 2 atom stereocenters. The number of aromatic nitrogens is 2. The quantitative estimate of drug-likeness (QED) is 0.823. The van der Waals surface area contributed by atoms with Crippen LogP contribution in [0, 0.1) is 0 Å². The highest BCUT2D eigenvalue weighted by atomic mass is 32.2. The minimum Gasteiger partial charge on any atom is -0.313 e. The van der Waals surface area contributed by atoms with Crippen molar-refractivity contribution in [3.63, 3.8) is 0 Å². The van der Waals surface area contributed by atoms with Gasteiger partial charge in [-0.3, -0.25) is 4.68 Å². The molecule has 1 fully saturated rings. The van der Waals surface area contributed by atoms with Gasteiger partial charge in [-0.15, -0.1) is 0 Å². The van der Waals surface area contributed by atoms with Crippen LogP contribution < -0.4 is 5.32 Å². The van der Waals surface area contributed by atoms with Gasteiger partial charge < -0.3 is 5.32 Å². The van der Waals surface area contributed by atoms with Gasteiger partial charge >= 0.3 is 0 Å². The number of thioether (sulfide) groups is 1. The fourth-order valence-electron chi connectivity index (χ4n) is 2.59. The Morgan fingerprint density at radius 3 is 3.11 bits per heavy atom. The Morgan fingerprint density at radius 1 is 1.61 bits per heavy atom. The SMILES string of the molecule is CCCNC(CCc1cnn(C)c1)C1CCCS1. The lowest BCUT2D eigenvalue weighted by Gasteiger charge is -2.24. The van der Waals surface area contributed by atoms with Gasteiger partial charge in [0.2, 0.25) is 0 Å². The molecule has 2 heterocycles. The summed E-state index contributed by atoms with van der Waals surface area (Å²) in [5.41, 5.74) is 1.36. The number of rotatable bonds is 7. The topological polar surface area (TPSA) is 29.9 Å². The number of hydrogen-bond donors (Lipinski definition) is 1. The summed E-state index contributed by atoms with van der Waals surface area (Å²) in [6.07, 6.45) is 10.5. The number of hydrogen-bond acceptors (Lipinski definition) is 3. The maximum absolute atomic E-state index is 4.25. The Morgan fingerprint density at radius 2 is 2.50 bits per heavy atom. The lowest BCUT2D eigenvalue weighted by molar-refractivity contribution is 0.458. The highest BCUT2D eigenvalue weighted by Crippen LogP contribution is 2.30.